The number of hydrogen-bond acceptors (Lipinski definition) is 6. The highest BCUT2D eigenvalue weighted by atomic mass is 32.2. The molecule has 34 heavy (non-hydrogen) atoms. The minimum atomic E-state index is -4.48. The fraction of sp³-hybridized carbons (Fsp3) is 0.261. The molecule has 0 unspecified atom stereocenters. The number of anilines is 3. The lowest BCUT2D eigenvalue weighted by molar-refractivity contribution is -0.137. The van der Waals surface area contributed by atoms with E-state index in [4.69, 9.17) is 9.72 Å². The van der Waals surface area contributed by atoms with Crippen LogP contribution in [-0.2, 0) is 10.9 Å². The van der Waals surface area contributed by atoms with Crippen molar-refractivity contribution in [1.82, 2.24) is 9.97 Å². The van der Waals surface area contributed by atoms with Crippen molar-refractivity contribution in [2.45, 2.75) is 11.1 Å². The Morgan fingerprint density at radius 3 is 2.44 bits per heavy atom. The molecule has 0 spiro atoms. The van der Waals surface area contributed by atoms with Gasteiger partial charge in [0.25, 0.3) is 0 Å². The number of morpholine rings is 1. The van der Waals surface area contributed by atoms with Crippen molar-refractivity contribution in [3.05, 3.63) is 60.3 Å². The second-order valence-corrected chi connectivity index (χ2v) is 8.27. The second-order valence-electron chi connectivity index (χ2n) is 7.42. The van der Waals surface area contributed by atoms with E-state index in [2.05, 4.69) is 20.5 Å². The summed E-state index contributed by atoms with van der Waals surface area (Å²) in [5.41, 5.74) is 0.453. The first kappa shape index (κ1) is 23.8. The molecule has 1 aliphatic rings. The lowest BCUT2D eigenvalue weighted by atomic mass is 10.2. The number of nitrogens with one attached hydrogen (secondary N) is 2. The van der Waals surface area contributed by atoms with Crippen LogP contribution >= 0.6 is 11.8 Å². The third kappa shape index (κ3) is 5.78. The summed E-state index contributed by atoms with van der Waals surface area (Å²) in [7, 11) is 0. The SMILES string of the molecule is CSc1cnc(-c2ccc(NC(=O)Nc3cccc(C(F)(F)F)c3)cc2)nc1N1CCOCC1. The van der Waals surface area contributed by atoms with E-state index in [1.807, 2.05) is 6.26 Å². The molecule has 0 radical (unpaired) electrons. The minimum Gasteiger partial charge on any atom is -0.378 e. The Kier molecular flexibility index (Phi) is 7.23. The van der Waals surface area contributed by atoms with E-state index in [0.29, 0.717) is 24.7 Å². The van der Waals surface area contributed by atoms with Gasteiger partial charge in [-0.15, -0.1) is 11.8 Å². The van der Waals surface area contributed by atoms with Crippen LogP contribution in [0.15, 0.2) is 59.6 Å². The van der Waals surface area contributed by atoms with E-state index >= 15 is 0 Å². The van der Waals surface area contributed by atoms with Gasteiger partial charge in [0.15, 0.2) is 5.82 Å². The zero-order valence-electron chi connectivity index (χ0n) is 18.2. The standard InChI is InChI=1S/C23H22F3N5O2S/c1-34-19-14-27-20(30-21(19)31-9-11-33-12-10-31)15-5-7-17(8-6-15)28-22(32)29-18-4-2-3-16(13-18)23(24,25)26/h2-8,13-14H,9-12H2,1H3,(H2,28,29,32). The Morgan fingerprint density at radius 1 is 1.06 bits per heavy atom. The van der Waals surface area contributed by atoms with E-state index in [0.717, 1.165) is 41.5 Å². The molecule has 1 aromatic heterocycles. The number of carbonyl (C=O) groups excluding carboxylic acids is 1. The first-order valence-corrected chi connectivity index (χ1v) is 11.7. The summed E-state index contributed by atoms with van der Waals surface area (Å²) < 4.78 is 44.0. The molecule has 7 nitrogen and oxygen atoms in total. The van der Waals surface area contributed by atoms with Gasteiger partial charge in [-0.05, 0) is 48.7 Å². The molecule has 2 N–H and O–H groups in total. The smallest absolute Gasteiger partial charge is 0.378 e. The highest BCUT2D eigenvalue weighted by molar-refractivity contribution is 7.98. The average molecular weight is 490 g/mol. The Morgan fingerprint density at radius 2 is 1.76 bits per heavy atom. The average Bonchev–Trinajstić information content (AvgIpc) is 2.84. The van der Waals surface area contributed by atoms with Crippen LogP contribution < -0.4 is 15.5 Å². The molecule has 3 aromatic rings. The number of urea groups is 1. The van der Waals surface area contributed by atoms with Gasteiger partial charge in [-0.3, -0.25) is 0 Å². The predicted octanol–water partition coefficient (Wildman–Crippen LogP) is 5.36. The van der Waals surface area contributed by atoms with Crippen LogP contribution in [0.5, 0.6) is 0 Å². The molecular formula is C23H22F3N5O2S. The Hall–Kier alpha value is -3.31. The van der Waals surface area contributed by atoms with Gasteiger partial charge in [-0.25, -0.2) is 14.8 Å². The summed E-state index contributed by atoms with van der Waals surface area (Å²) >= 11 is 1.58. The van der Waals surface area contributed by atoms with Crippen molar-refractivity contribution in [1.29, 1.82) is 0 Å². The number of amides is 2. The maximum absolute atomic E-state index is 12.9. The first-order chi connectivity index (χ1) is 16.3. The maximum atomic E-state index is 12.9. The molecule has 1 fully saturated rings. The highest BCUT2D eigenvalue weighted by Gasteiger charge is 2.30. The molecule has 2 aromatic carbocycles. The molecule has 1 saturated heterocycles. The summed E-state index contributed by atoms with van der Waals surface area (Å²) in [6, 6.07) is 10.7. The van der Waals surface area contributed by atoms with Crippen molar-refractivity contribution in [2.75, 3.05) is 48.1 Å². The van der Waals surface area contributed by atoms with Crippen LogP contribution in [-0.4, -0.2) is 48.6 Å². The maximum Gasteiger partial charge on any atom is 0.416 e. The van der Waals surface area contributed by atoms with E-state index in [9.17, 15) is 18.0 Å². The molecule has 2 heterocycles. The molecule has 0 atom stereocenters. The quantitative estimate of drug-likeness (QED) is 0.470. The third-order valence-corrected chi connectivity index (χ3v) is 5.84. The second kappa shape index (κ2) is 10.3. The number of ether oxygens (including phenoxy) is 1. The number of nitrogens with zero attached hydrogens (tertiary/aromatic N) is 3. The normalized spacial score (nSPS) is 14.1. The van der Waals surface area contributed by atoms with Gasteiger partial charge in [-0.1, -0.05) is 6.07 Å². The number of halogens is 3. The minimum absolute atomic E-state index is 0.0434. The zero-order valence-corrected chi connectivity index (χ0v) is 19.0. The van der Waals surface area contributed by atoms with Crippen LogP contribution in [0, 0.1) is 0 Å². The Balaban J connectivity index is 1.45. The molecule has 0 aliphatic carbocycles. The summed E-state index contributed by atoms with van der Waals surface area (Å²) in [4.78, 5) is 24.6. The van der Waals surface area contributed by atoms with E-state index in [1.54, 1.807) is 42.2 Å². The fourth-order valence-electron chi connectivity index (χ4n) is 3.42. The van der Waals surface area contributed by atoms with E-state index < -0.39 is 17.8 Å². The van der Waals surface area contributed by atoms with E-state index in [-0.39, 0.29) is 5.69 Å². The van der Waals surface area contributed by atoms with Gasteiger partial charge < -0.3 is 20.3 Å². The largest absolute Gasteiger partial charge is 0.416 e. The summed E-state index contributed by atoms with van der Waals surface area (Å²) in [5.74, 6) is 1.42. The van der Waals surface area contributed by atoms with Crippen molar-refractivity contribution in [2.24, 2.45) is 0 Å². The van der Waals surface area contributed by atoms with Gasteiger partial charge in [0, 0.05) is 36.2 Å². The number of carbonyl (C=O) groups is 1. The van der Waals surface area contributed by atoms with E-state index in [1.165, 1.54) is 12.1 Å². The number of rotatable bonds is 5. The fourth-order valence-corrected chi connectivity index (χ4v) is 3.93. The molecule has 2 amide bonds. The molecule has 1 aliphatic heterocycles. The monoisotopic (exact) mass is 489 g/mol. The number of hydrogen-bond donors (Lipinski definition) is 2. The van der Waals surface area contributed by atoms with Crippen LogP contribution in [0.25, 0.3) is 11.4 Å². The summed E-state index contributed by atoms with van der Waals surface area (Å²) in [5, 5.41) is 5.02. The summed E-state index contributed by atoms with van der Waals surface area (Å²) in [6.07, 6.45) is -0.707. The van der Waals surface area contributed by atoms with Gasteiger partial charge in [0.2, 0.25) is 0 Å². The van der Waals surface area contributed by atoms with Gasteiger partial charge in [0.1, 0.15) is 5.82 Å². The van der Waals surface area contributed by atoms with Crippen LogP contribution in [0.2, 0.25) is 0 Å². The number of benzene rings is 2. The first-order valence-electron chi connectivity index (χ1n) is 10.4. The van der Waals surface area contributed by atoms with Crippen molar-refractivity contribution >= 4 is 35.0 Å². The Labute approximate surface area is 198 Å². The topological polar surface area (TPSA) is 79.4 Å². The van der Waals surface area contributed by atoms with Crippen LogP contribution in [0.4, 0.5) is 35.2 Å². The number of alkyl halides is 3. The summed E-state index contributed by atoms with van der Waals surface area (Å²) in [6.45, 7) is 2.81. The molecule has 178 valence electrons. The molecular weight excluding hydrogens is 467 g/mol. The molecule has 0 saturated carbocycles. The van der Waals surface area contributed by atoms with Gasteiger partial charge in [0.05, 0.1) is 23.7 Å². The van der Waals surface area contributed by atoms with Gasteiger partial charge in [-0.2, -0.15) is 13.2 Å². The van der Waals surface area contributed by atoms with Crippen molar-refractivity contribution in [3.63, 3.8) is 0 Å². The molecule has 11 heteroatoms. The lowest BCUT2D eigenvalue weighted by Gasteiger charge is -2.29. The van der Waals surface area contributed by atoms with Crippen LogP contribution in [0.3, 0.4) is 0 Å². The third-order valence-electron chi connectivity index (χ3n) is 5.12. The van der Waals surface area contributed by atoms with Crippen molar-refractivity contribution < 1.29 is 22.7 Å². The number of aromatic nitrogens is 2. The van der Waals surface area contributed by atoms with Crippen molar-refractivity contribution in [3.8, 4) is 11.4 Å². The van der Waals surface area contributed by atoms with Crippen LogP contribution in [0.1, 0.15) is 5.56 Å². The number of thioether (sulfide) groups is 1. The molecule has 4 rings (SSSR count). The van der Waals surface area contributed by atoms with Gasteiger partial charge >= 0.3 is 12.2 Å². The highest BCUT2D eigenvalue weighted by Crippen LogP contribution is 2.31. The zero-order chi connectivity index (χ0) is 24.1. The molecule has 0 bridgehead atoms. The lowest BCUT2D eigenvalue weighted by Crippen LogP contribution is -2.37. The predicted molar refractivity (Wildman–Crippen MR) is 126 cm³/mol. The Bertz CT molecular complexity index is 1150.